The summed E-state index contributed by atoms with van der Waals surface area (Å²) in [6.45, 7) is 4.01. The molecule has 0 heterocycles. The van der Waals surface area contributed by atoms with Crippen molar-refractivity contribution in [3.05, 3.63) is 0 Å². The minimum atomic E-state index is -2.87. The Hall–Kier alpha value is -0.130. The van der Waals surface area contributed by atoms with Crippen LogP contribution in [-0.4, -0.2) is 50.5 Å². The van der Waals surface area contributed by atoms with Crippen molar-refractivity contribution < 1.29 is 8.42 Å². The minimum Gasteiger partial charge on any atom is -0.326 e. The lowest BCUT2D eigenvalue weighted by atomic mass is 9.70. The average molecular weight is 305 g/mol. The number of nitrogens with zero attached hydrogens (tertiary/aromatic N) is 1. The van der Waals surface area contributed by atoms with Crippen molar-refractivity contribution in [1.29, 1.82) is 0 Å². The van der Waals surface area contributed by atoms with Crippen molar-refractivity contribution in [3.8, 4) is 0 Å². The number of hydrogen-bond acceptors (Lipinski definition) is 4. The summed E-state index contributed by atoms with van der Waals surface area (Å²) in [5.41, 5.74) is 6.53. The standard InChI is InChI=1S/C15H32N2O2S/c1-5-20(18,19)11-7-9-14(16)15(17(3)4)10-6-8-13(2)12-15/h13-14H,5-12,16H2,1-4H3. The average Bonchev–Trinajstić information content (AvgIpc) is 2.38. The summed E-state index contributed by atoms with van der Waals surface area (Å²) in [4.78, 5) is 2.28. The number of sulfone groups is 1. The largest absolute Gasteiger partial charge is 0.326 e. The lowest BCUT2D eigenvalue weighted by molar-refractivity contribution is 0.0475. The maximum absolute atomic E-state index is 11.6. The van der Waals surface area contributed by atoms with Gasteiger partial charge in [-0.25, -0.2) is 8.42 Å². The van der Waals surface area contributed by atoms with Crippen LogP contribution >= 0.6 is 0 Å². The van der Waals surface area contributed by atoms with Crippen LogP contribution in [0.2, 0.25) is 0 Å². The van der Waals surface area contributed by atoms with Gasteiger partial charge in [0, 0.05) is 17.3 Å². The van der Waals surface area contributed by atoms with Gasteiger partial charge in [0.2, 0.25) is 0 Å². The third-order valence-electron chi connectivity index (χ3n) is 5.00. The van der Waals surface area contributed by atoms with Crippen LogP contribution in [0.1, 0.15) is 52.4 Å². The third kappa shape index (κ3) is 4.43. The molecule has 0 aromatic heterocycles. The Morgan fingerprint density at radius 1 is 1.40 bits per heavy atom. The fourth-order valence-electron chi connectivity index (χ4n) is 3.57. The van der Waals surface area contributed by atoms with Gasteiger partial charge in [-0.2, -0.15) is 0 Å². The highest BCUT2D eigenvalue weighted by atomic mass is 32.2. The molecular weight excluding hydrogens is 272 g/mol. The summed E-state index contributed by atoms with van der Waals surface area (Å²) in [7, 11) is 1.36. The zero-order chi connectivity index (χ0) is 15.4. The molecule has 0 spiro atoms. The van der Waals surface area contributed by atoms with Gasteiger partial charge >= 0.3 is 0 Å². The number of hydrogen-bond donors (Lipinski definition) is 1. The third-order valence-corrected chi connectivity index (χ3v) is 6.79. The molecule has 0 amide bonds. The normalized spacial score (nSPS) is 29.6. The lowest BCUT2D eigenvalue weighted by Crippen LogP contribution is -2.59. The van der Waals surface area contributed by atoms with E-state index in [4.69, 9.17) is 5.73 Å². The molecule has 0 aromatic rings. The van der Waals surface area contributed by atoms with E-state index >= 15 is 0 Å². The molecule has 0 aromatic carbocycles. The predicted molar refractivity (Wildman–Crippen MR) is 85.6 cm³/mol. The first-order chi connectivity index (χ1) is 9.23. The van der Waals surface area contributed by atoms with E-state index in [1.165, 1.54) is 12.8 Å². The quantitative estimate of drug-likeness (QED) is 0.782. The SMILES string of the molecule is CCS(=O)(=O)CCCC(N)C1(N(C)C)CCCC(C)C1. The zero-order valence-corrected chi connectivity index (χ0v) is 14.4. The highest BCUT2D eigenvalue weighted by Gasteiger charge is 2.41. The Labute approximate surface area is 125 Å². The van der Waals surface area contributed by atoms with Crippen molar-refractivity contribution >= 4 is 9.84 Å². The minimum absolute atomic E-state index is 0.0492. The van der Waals surface area contributed by atoms with Gasteiger partial charge in [0.25, 0.3) is 0 Å². The maximum atomic E-state index is 11.6. The van der Waals surface area contributed by atoms with Gasteiger partial charge in [-0.15, -0.1) is 0 Å². The molecule has 3 unspecified atom stereocenters. The van der Waals surface area contributed by atoms with Crippen molar-refractivity contribution in [2.24, 2.45) is 11.7 Å². The van der Waals surface area contributed by atoms with E-state index in [1.54, 1.807) is 6.92 Å². The highest BCUT2D eigenvalue weighted by molar-refractivity contribution is 7.91. The van der Waals surface area contributed by atoms with Gasteiger partial charge in [0.05, 0.1) is 5.75 Å². The fraction of sp³-hybridized carbons (Fsp3) is 1.00. The molecule has 5 heteroatoms. The molecule has 1 saturated carbocycles. The van der Waals surface area contributed by atoms with Crippen LogP contribution in [0.5, 0.6) is 0 Å². The summed E-state index contributed by atoms with van der Waals surface area (Å²) >= 11 is 0. The summed E-state index contributed by atoms with van der Waals surface area (Å²) in [6, 6.07) is 0.0623. The summed E-state index contributed by atoms with van der Waals surface area (Å²) in [6.07, 6.45) is 6.24. The van der Waals surface area contributed by atoms with Crippen LogP contribution in [0.25, 0.3) is 0 Å². The molecule has 1 rings (SSSR count). The van der Waals surface area contributed by atoms with Crippen LogP contribution in [0.15, 0.2) is 0 Å². The molecule has 1 aliphatic rings. The Balaban J connectivity index is 2.63. The van der Waals surface area contributed by atoms with Crippen molar-refractivity contribution in [1.82, 2.24) is 4.90 Å². The molecule has 0 radical (unpaired) electrons. The van der Waals surface area contributed by atoms with E-state index < -0.39 is 9.84 Å². The predicted octanol–water partition coefficient (Wildman–Crippen LogP) is 2.04. The van der Waals surface area contributed by atoms with E-state index in [0.29, 0.717) is 12.3 Å². The van der Waals surface area contributed by atoms with E-state index in [9.17, 15) is 8.42 Å². The first-order valence-electron chi connectivity index (χ1n) is 7.87. The van der Waals surface area contributed by atoms with Crippen molar-refractivity contribution in [3.63, 3.8) is 0 Å². The van der Waals surface area contributed by atoms with E-state index in [1.807, 2.05) is 0 Å². The second-order valence-electron chi connectivity index (χ2n) is 6.68. The molecule has 0 aliphatic heterocycles. The lowest BCUT2D eigenvalue weighted by Gasteiger charge is -2.49. The summed E-state index contributed by atoms with van der Waals surface area (Å²) in [5, 5.41) is 0. The van der Waals surface area contributed by atoms with Gasteiger partial charge < -0.3 is 10.6 Å². The van der Waals surface area contributed by atoms with Crippen molar-refractivity contribution in [2.75, 3.05) is 25.6 Å². The Morgan fingerprint density at radius 2 is 2.05 bits per heavy atom. The molecule has 1 fully saturated rings. The van der Waals surface area contributed by atoms with E-state index in [0.717, 1.165) is 19.3 Å². The summed E-state index contributed by atoms with van der Waals surface area (Å²) in [5.74, 6) is 1.21. The van der Waals surface area contributed by atoms with E-state index in [-0.39, 0.29) is 23.1 Å². The first-order valence-corrected chi connectivity index (χ1v) is 9.69. The Bertz CT molecular complexity index is 395. The van der Waals surface area contributed by atoms with Crippen LogP contribution < -0.4 is 5.73 Å². The maximum Gasteiger partial charge on any atom is 0.150 e. The monoisotopic (exact) mass is 304 g/mol. The Morgan fingerprint density at radius 3 is 2.55 bits per heavy atom. The van der Waals surface area contributed by atoms with Gasteiger partial charge in [-0.3, -0.25) is 0 Å². The Kier molecular flexibility index (Phi) is 6.48. The highest BCUT2D eigenvalue weighted by Crippen LogP contribution is 2.38. The summed E-state index contributed by atoms with van der Waals surface area (Å²) < 4.78 is 23.1. The number of likely N-dealkylation sites (N-methyl/N-ethyl adjacent to an activating group) is 1. The van der Waals surface area contributed by atoms with Crippen molar-refractivity contribution in [2.45, 2.75) is 64.0 Å². The molecule has 1 aliphatic carbocycles. The molecule has 3 atom stereocenters. The molecule has 20 heavy (non-hydrogen) atoms. The molecule has 120 valence electrons. The fourth-order valence-corrected chi connectivity index (χ4v) is 4.47. The van der Waals surface area contributed by atoms with Crippen LogP contribution in [-0.2, 0) is 9.84 Å². The van der Waals surface area contributed by atoms with Crippen LogP contribution in [0, 0.1) is 5.92 Å². The van der Waals surface area contributed by atoms with Gasteiger partial charge in [-0.05, 0) is 45.7 Å². The second-order valence-corrected chi connectivity index (χ2v) is 9.16. The second kappa shape index (κ2) is 7.23. The molecular formula is C15H32N2O2S. The van der Waals surface area contributed by atoms with Gasteiger partial charge in [-0.1, -0.05) is 26.7 Å². The van der Waals surface area contributed by atoms with E-state index in [2.05, 4.69) is 25.9 Å². The molecule has 0 bridgehead atoms. The number of rotatable bonds is 7. The van der Waals surface area contributed by atoms with Crippen LogP contribution in [0.4, 0.5) is 0 Å². The molecule has 2 N–H and O–H groups in total. The molecule has 0 saturated heterocycles. The number of nitrogens with two attached hydrogens (primary N) is 1. The van der Waals surface area contributed by atoms with Gasteiger partial charge in [0.15, 0.2) is 0 Å². The zero-order valence-electron chi connectivity index (χ0n) is 13.6. The molecule has 4 nitrogen and oxygen atoms in total. The van der Waals surface area contributed by atoms with Crippen LogP contribution in [0.3, 0.4) is 0 Å². The topological polar surface area (TPSA) is 63.4 Å². The smallest absolute Gasteiger partial charge is 0.150 e. The first kappa shape index (κ1) is 17.9. The van der Waals surface area contributed by atoms with Gasteiger partial charge in [0.1, 0.15) is 9.84 Å².